The van der Waals surface area contributed by atoms with Crippen LogP contribution in [0.3, 0.4) is 0 Å². The molecule has 0 saturated carbocycles. The van der Waals surface area contributed by atoms with Crippen LogP contribution in [0.4, 0.5) is 0 Å². The van der Waals surface area contributed by atoms with E-state index in [1.54, 1.807) is 24.3 Å². The Hall–Kier alpha value is -2.86. The summed E-state index contributed by atoms with van der Waals surface area (Å²) in [4.78, 5) is 32.7. The van der Waals surface area contributed by atoms with E-state index in [2.05, 4.69) is 33.0 Å². The highest BCUT2D eigenvalue weighted by Crippen LogP contribution is 2.20. The van der Waals surface area contributed by atoms with E-state index < -0.39 is 0 Å². The van der Waals surface area contributed by atoms with Gasteiger partial charge in [-0.2, -0.15) is 0 Å². The molecule has 0 bridgehead atoms. The van der Waals surface area contributed by atoms with Crippen molar-refractivity contribution in [2.45, 2.75) is 72.0 Å². The third-order valence-electron chi connectivity index (χ3n) is 6.43. The van der Waals surface area contributed by atoms with Crippen molar-refractivity contribution in [3.63, 3.8) is 0 Å². The summed E-state index contributed by atoms with van der Waals surface area (Å²) in [6.07, 6.45) is 3.18. The summed E-state index contributed by atoms with van der Waals surface area (Å²) in [5.74, 6) is 0.780. The van der Waals surface area contributed by atoms with Gasteiger partial charge in [0.15, 0.2) is 0 Å². The molecule has 0 radical (unpaired) electrons. The molecular formula is C27H35ClN4O2. The Kier molecular flexibility index (Phi) is 9.11. The fourth-order valence-corrected chi connectivity index (χ4v) is 4.44. The molecule has 2 atom stereocenters. The summed E-state index contributed by atoms with van der Waals surface area (Å²) < 4.78 is 2.03. The molecule has 34 heavy (non-hydrogen) atoms. The van der Waals surface area contributed by atoms with Gasteiger partial charge in [0.2, 0.25) is 5.91 Å². The second-order valence-corrected chi connectivity index (χ2v) is 9.16. The molecule has 0 aliphatic carbocycles. The van der Waals surface area contributed by atoms with Crippen LogP contribution < -0.4 is 5.32 Å². The predicted octanol–water partition coefficient (Wildman–Crippen LogP) is 5.48. The summed E-state index contributed by atoms with van der Waals surface area (Å²) in [6.45, 7) is 9.20. The second kappa shape index (κ2) is 12.0. The lowest BCUT2D eigenvalue weighted by atomic mass is 10.1. The first-order valence-electron chi connectivity index (χ1n) is 12.1. The van der Waals surface area contributed by atoms with E-state index in [1.165, 1.54) is 0 Å². The molecule has 2 aromatic carbocycles. The quantitative estimate of drug-likeness (QED) is 0.368. The van der Waals surface area contributed by atoms with Crippen molar-refractivity contribution in [1.82, 2.24) is 19.8 Å². The number of benzene rings is 2. The summed E-state index contributed by atoms with van der Waals surface area (Å²) in [6, 6.07) is 15.3. The van der Waals surface area contributed by atoms with Gasteiger partial charge in [-0.3, -0.25) is 9.59 Å². The van der Waals surface area contributed by atoms with Gasteiger partial charge in [0, 0.05) is 25.0 Å². The highest BCUT2D eigenvalue weighted by Gasteiger charge is 2.25. The number of hydrogen-bond donors (Lipinski definition) is 1. The Morgan fingerprint density at radius 2 is 1.68 bits per heavy atom. The van der Waals surface area contributed by atoms with Crippen molar-refractivity contribution >= 4 is 34.4 Å². The third-order valence-corrected chi connectivity index (χ3v) is 6.76. The summed E-state index contributed by atoms with van der Waals surface area (Å²) in [7, 11) is 0. The van der Waals surface area contributed by atoms with Gasteiger partial charge in [-0.15, -0.1) is 0 Å². The first kappa shape index (κ1) is 25.8. The SMILES string of the molecule is CCC(C)N(C(=O)Cn1c(CCCNC(=O)c2ccccc2Cl)nc2ccccc21)C(C)CC. The minimum Gasteiger partial charge on any atom is -0.352 e. The second-order valence-electron chi connectivity index (χ2n) is 8.76. The zero-order valence-corrected chi connectivity index (χ0v) is 21.3. The molecule has 2 unspecified atom stereocenters. The first-order valence-corrected chi connectivity index (χ1v) is 12.5. The number of fused-ring (bicyclic) bond motifs is 1. The maximum Gasteiger partial charge on any atom is 0.252 e. The number of halogens is 1. The molecule has 1 heterocycles. The minimum atomic E-state index is -0.188. The van der Waals surface area contributed by atoms with Crippen molar-refractivity contribution < 1.29 is 9.59 Å². The van der Waals surface area contributed by atoms with Crippen molar-refractivity contribution in [2.75, 3.05) is 6.54 Å². The third kappa shape index (κ3) is 5.98. The van der Waals surface area contributed by atoms with Gasteiger partial charge in [0.25, 0.3) is 5.91 Å². The van der Waals surface area contributed by atoms with Crippen molar-refractivity contribution in [1.29, 1.82) is 0 Å². The molecule has 0 aliphatic rings. The number of aryl methyl sites for hydroxylation is 1. The number of para-hydroxylation sites is 2. The number of hydrogen-bond acceptors (Lipinski definition) is 3. The molecular weight excluding hydrogens is 448 g/mol. The summed E-state index contributed by atoms with van der Waals surface area (Å²) in [5, 5.41) is 3.37. The Labute approximate surface area is 207 Å². The monoisotopic (exact) mass is 482 g/mol. The van der Waals surface area contributed by atoms with E-state index in [0.29, 0.717) is 30.0 Å². The molecule has 3 rings (SSSR count). The molecule has 7 heteroatoms. The van der Waals surface area contributed by atoms with Crippen molar-refractivity contribution in [2.24, 2.45) is 0 Å². The maximum atomic E-state index is 13.4. The number of carbonyl (C=O) groups is 2. The molecule has 0 aliphatic heterocycles. The minimum absolute atomic E-state index is 0.111. The summed E-state index contributed by atoms with van der Waals surface area (Å²) in [5.41, 5.74) is 2.31. The topological polar surface area (TPSA) is 67.2 Å². The van der Waals surface area contributed by atoms with Crippen LogP contribution >= 0.6 is 11.6 Å². The zero-order chi connectivity index (χ0) is 24.7. The molecule has 182 valence electrons. The number of rotatable bonds is 11. The average Bonchev–Trinajstić information content (AvgIpc) is 3.18. The molecule has 3 aromatic rings. The Morgan fingerprint density at radius 3 is 2.35 bits per heavy atom. The first-order chi connectivity index (χ1) is 16.4. The Balaban J connectivity index is 1.73. The van der Waals surface area contributed by atoms with Gasteiger partial charge in [-0.05, 0) is 57.4 Å². The van der Waals surface area contributed by atoms with Crippen LogP contribution in [0.5, 0.6) is 0 Å². The molecule has 0 saturated heterocycles. The van der Waals surface area contributed by atoms with Crippen LogP contribution in [0.15, 0.2) is 48.5 Å². The molecule has 1 aromatic heterocycles. The Morgan fingerprint density at radius 1 is 1.03 bits per heavy atom. The number of aromatic nitrogens is 2. The van der Waals surface area contributed by atoms with Crippen LogP contribution in [-0.4, -0.2) is 44.9 Å². The zero-order valence-electron chi connectivity index (χ0n) is 20.6. The largest absolute Gasteiger partial charge is 0.352 e. The lowest BCUT2D eigenvalue weighted by molar-refractivity contribution is -0.136. The Bertz CT molecular complexity index is 1120. The molecule has 1 N–H and O–H groups in total. The van der Waals surface area contributed by atoms with Gasteiger partial charge in [0.05, 0.1) is 21.6 Å². The number of nitrogens with zero attached hydrogens (tertiary/aromatic N) is 3. The molecule has 0 spiro atoms. The van der Waals surface area contributed by atoms with Gasteiger partial charge >= 0.3 is 0 Å². The smallest absolute Gasteiger partial charge is 0.252 e. The van der Waals surface area contributed by atoms with Gasteiger partial charge in [0.1, 0.15) is 12.4 Å². The van der Waals surface area contributed by atoms with Crippen LogP contribution in [0, 0.1) is 0 Å². The molecule has 2 amide bonds. The normalized spacial score (nSPS) is 13.0. The van der Waals surface area contributed by atoms with Crippen LogP contribution in [-0.2, 0) is 17.8 Å². The average molecular weight is 483 g/mol. The number of nitrogens with one attached hydrogen (secondary N) is 1. The standard InChI is InChI=1S/C27H35ClN4O2/c1-5-19(3)32(20(4)6-2)26(33)18-31-24-15-10-9-14-23(24)30-25(31)16-11-17-29-27(34)21-12-7-8-13-22(21)28/h7-10,12-15,19-20H,5-6,11,16-18H2,1-4H3,(H,29,34). The van der Waals surface area contributed by atoms with Gasteiger partial charge < -0.3 is 14.8 Å². The molecule has 6 nitrogen and oxygen atoms in total. The van der Waals surface area contributed by atoms with E-state index in [0.717, 1.165) is 29.7 Å². The maximum absolute atomic E-state index is 13.4. The van der Waals surface area contributed by atoms with Crippen LogP contribution in [0.1, 0.15) is 63.1 Å². The highest BCUT2D eigenvalue weighted by atomic mass is 35.5. The predicted molar refractivity (Wildman–Crippen MR) is 138 cm³/mol. The van der Waals surface area contributed by atoms with E-state index in [1.807, 2.05) is 33.7 Å². The van der Waals surface area contributed by atoms with E-state index in [-0.39, 0.29) is 30.4 Å². The van der Waals surface area contributed by atoms with Crippen LogP contribution in [0.25, 0.3) is 11.0 Å². The highest BCUT2D eigenvalue weighted by molar-refractivity contribution is 6.33. The van der Waals surface area contributed by atoms with E-state index in [9.17, 15) is 9.59 Å². The fourth-order valence-electron chi connectivity index (χ4n) is 4.22. The van der Waals surface area contributed by atoms with Crippen molar-refractivity contribution in [3.8, 4) is 0 Å². The van der Waals surface area contributed by atoms with Crippen LogP contribution in [0.2, 0.25) is 5.02 Å². The van der Waals surface area contributed by atoms with Crippen molar-refractivity contribution in [3.05, 3.63) is 64.9 Å². The van der Waals surface area contributed by atoms with Gasteiger partial charge in [-0.25, -0.2) is 4.98 Å². The lowest BCUT2D eigenvalue weighted by Gasteiger charge is -2.34. The number of amides is 2. The lowest BCUT2D eigenvalue weighted by Crippen LogP contribution is -2.45. The van der Waals surface area contributed by atoms with E-state index in [4.69, 9.17) is 16.6 Å². The molecule has 0 fully saturated rings. The summed E-state index contributed by atoms with van der Waals surface area (Å²) >= 11 is 6.12. The fraction of sp³-hybridized carbons (Fsp3) is 0.444. The number of carbonyl (C=O) groups excluding carboxylic acids is 2. The van der Waals surface area contributed by atoms with Gasteiger partial charge in [-0.1, -0.05) is 49.7 Å². The number of imidazole rings is 1. The van der Waals surface area contributed by atoms with E-state index >= 15 is 0 Å².